The van der Waals surface area contributed by atoms with Crippen molar-refractivity contribution in [2.24, 2.45) is 0 Å². The second-order valence-corrected chi connectivity index (χ2v) is 7.05. The summed E-state index contributed by atoms with van der Waals surface area (Å²) < 4.78 is 18.6. The fourth-order valence-corrected chi connectivity index (χ4v) is 3.02. The lowest BCUT2D eigenvalue weighted by Gasteiger charge is -2.29. The van der Waals surface area contributed by atoms with Crippen LogP contribution in [0.15, 0.2) is 48.5 Å². The van der Waals surface area contributed by atoms with Crippen LogP contribution in [-0.2, 0) is 4.79 Å². The van der Waals surface area contributed by atoms with Crippen molar-refractivity contribution in [3.8, 4) is 5.75 Å². The van der Waals surface area contributed by atoms with Crippen LogP contribution in [0.25, 0.3) is 0 Å². The molecule has 29 heavy (non-hydrogen) atoms. The number of aryl methyl sites for hydroxylation is 2. The molecule has 2 aromatic carbocycles. The number of ether oxygens (including phenoxy) is 1. The van der Waals surface area contributed by atoms with Crippen LogP contribution in [0, 0.1) is 19.7 Å². The van der Waals surface area contributed by atoms with Gasteiger partial charge in [0.25, 0.3) is 0 Å². The molecule has 0 atom stereocenters. The molecule has 0 bridgehead atoms. The summed E-state index contributed by atoms with van der Waals surface area (Å²) >= 11 is 0. The van der Waals surface area contributed by atoms with E-state index >= 15 is 0 Å². The molecule has 1 aliphatic rings. The zero-order valence-electron chi connectivity index (χ0n) is 18.5. The lowest BCUT2D eigenvalue weighted by atomic mass is 9.93. The first-order valence-corrected chi connectivity index (χ1v) is 10.7. The summed E-state index contributed by atoms with van der Waals surface area (Å²) in [5.74, 6) is 0.573. The molecule has 1 amide bonds. The predicted molar refractivity (Wildman–Crippen MR) is 119 cm³/mol. The Morgan fingerprint density at radius 1 is 0.966 bits per heavy atom. The average Bonchev–Trinajstić information content (AvgIpc) is 2.75. The number of rotatable bonds is 4. The van der Waals surface area contributed by atoms with Gasteiger partial charge < -0.3 is 10.1 Å². The number of halogens is 1. The number of hydrogen-bond acceptors (Lipinski definition) is 2. The van der Waals surface area contributed by atoms with Crippen molar-refractivity contribution in [3.05, 3.63) is 65.5 Å². The molecule has 1 aliphatic carbocycles. The van der Waals surface area contributed by atoms with E-state index in [1.807, 2.05) is 20.8 Å². The molecular weight excluding hydrogens is 365 g/mol. The van der Waals surface area contributed by atoms with Crippen LogP contribution in [-0.4, -0.2) is 18.1 Å². The van der Waals surface area contributed by atoms with E-state index in [2.05, 4.69) is 43.4 Å². The Morgan fingerprint density at radius 3 is 1.93 bits per heavy atom. The Kier molecular flexibility index (Phi) is 11.7. The second kappa shape index (κ2) is 13.8. The molecular formula is C25H36FNO2. The van der Waals surface area contributed by atoms with Gasteiger partial charge in [-0.2, -0.15) is 0 Å². The highest BCUT2D eigenvalue weighted by Crippen LogP contribution is 2.24. The largest absolute Gasteiger partial charge is 0.490 e. The van der Waals surface area contributed by atoms with Gasteiger partial charge in [-0.3, -0.25) is 4.79 Å². The van der Waals surface area contributed by atoms with Crippen LogP contribution < -0.4 is 10.1 Å². The van der Waals surface area contributed by atoms with Gasteiger partial charge in [0.15, 0.2) is 0 Å². The van der Waals surface area contributed by atoms with Crippen molar-refractivity contribution in [3.63, 3.8) is 0 Å². The Morgan fingerprint density at radius 2 is 1.48 bits per heavy atom. The van der Waals surface area contributed by atoms with Gasteiger partial charge in [0.1, 0.15) is 11.6 Å². The van der Waals surface area contributed by atoms with Crippen molar-refractivity contribution >= 4 is 5.91 Å². The van der Waals surface area contributed by atoms with Crippen LogP contribution in [0.4, 0.5) is 4.39 Å². The molecule has 0 spiro atoms. The molecule has 0 aromatic heterocycles. The third-order valence-corrected chi connectivity index (χ3v) is 4.90. The van der Waals surface area contributed by atoms with Gasteiger partial charge in [-0.25, -0.2) is 4.39 Å². The van der Waals surface area contributed by atoms with Crippen molar-refractivity contribution in [2.75, 3.05) is 0 Å². The Labute approximate surface area is 175 Å². The molecule has 1 N–H and O–H groups in total. The van der Waals surface area contributed by atoms with E-state index in [-0.39, 0.29) is 23.9 Å². The predicted octanol–water partition coefficient (Wildman–Crippen LogP) is 6.37. The summed E-state index contributed by atoms with van der Waals surface area (Å²) in [5, 5.41) is 3.02. The number of hydrogen-bond donors (Lipinski definition) is 1. The highest BCUT2D eigenvalue weighted by molar-refractivity contribution is 5.75. The van der Waals surface area contributed by atoms with E-state index in [4.69, 9.17) is 4.74 Å². The van der Waals surface area contributed by atoms with Gasteiger partial charge in [0.05, 0.1) is 6.10 Å². The average molecular weight is 402 g/mol. The molecule has 1 fully saturated rings. The first kappa shape index (κ1) is 24.7. The maximum absolute atomic E-state index is 12.8. The Bertz CT molecular complexity index is 686. The number of amides is 1. The fourth-order valence-electron chi connectivity index (χ4n) is 3.02. The fraction of sp³-hybridized carbons (Fsp3) is 0.480. The maximum atomic E-state index is 12.8. The zero-order chi connectivity index (χ0) is 21.6. The smallest absolute Gasteiger partial charge is 0.219 e. The second-order valence-electron chi connectivity index (χ2n) is 7.05. The summed E-state index contributed by atoms with van der Waals surface area (Å²) in [4.78, 5) is 11.3. The third kappa shape index (κ3) is 9.60. The van der Waals surface area contributed by atoms with Crippen molar-refractivity contribution in [1.82, 2.24) is 5.32 Å². The van der Waals surface area contributed by atoms with Crippen LogP contribution in [0.5, 0.6) is 5.75 Å². The molecule has 3 rings (SSSR count). The summed E-state index contributed by atoms with van der Waals surface area (Å²) in [6.45, 7) is 10.1. The van der Waals surface area contributed by atoms with Gasteiger partial charge in [-0.15, -0.1) is 0 Å². The highest BCUT2D eigenvalue weighted by atomic mass is 19.1. The molecule has 3 nitrogen and oxygen atoms in total. The molecule has 0 aliphatic heterocycles. The highest BCUT2D eigenvalue weighted by Gasteiger charge is 2.23. The standard InChI is InChI=1S/C15H20FNO2.C8H10.C2H6/c1-2-15(18)17-12-5-9-14(10-6-12)19-13-7-3-11(16)4-8-13;1-7-5-3-4-6-8(7)2;1-2/h3-4,7-8,12,14H,2,5-6,9-10H2,1H3,(H,17,18);3-6H,1-2H3;1-2H3. The first-order chi connectivity index (χ1) is 14.0. The van der Waals surface area contributed by atoms with Crippen LogP contribution >= 0.6 is 0 Å². The normalized spacial score (nSPS) is 17.7. The van der Waals surface area contributed by atoms with Gasteiger partial charge >= 0.3 is 0 Å². The molecule has 1 saturated carbocycles. The van der Waals surface area contributed by atoms with Crippen LogP contribution in [0.3, 0.4) is 0 Å². The topological polar surface area (TPSA) is 38.3 Å². The molecule has 0 unspecified atom stereocenters. The maximum Gasteiger partial charge on any atom is 0.219 e. The molecule has 2 aromatic rings. The van der Waals surface area contributed by atoms with Gasteiger partial charge in [-0.1, -0.05) is 45.0 Å². The summed E-state index contributed by atoms with van der Waals surface area (Å²) in [5.41, 5.74) is 2.74. The number of carbonyl (C=O) groups excluding carboxylic acids is 1. The van der Waals surface area contributed by atoms with Gasteiger partial charge in [-0.05, 0) is 74.9 Å². The van der Waals surface area contributed by atoms with Crippen molar-refractivity contribution in [2.45, 2.75) is 78.9 Å². The number of carbonyl (C=O) groups is 1. The van der Waals surface area contributed by atoms with E-state index < -0.39 is 0 Å². The van der Waals surface area contributed by atoms with Crippen molar-refractivity contribution < 1.29 is 13.9 Å². The minimum Gasteiger partial charge on any atom is -0.490 e. The Hall–Kier alpha value is -2.36. The quantitative estimate of drug-likeness (QED) is 0.646. The van der Waals surface area contributed by atoms with E-state index in [9.17, 15) is 9.18 Å². The number of nitrogens with one attached hydrogen (secondary N) is 1. The lowest BCUT2D eigenvalue weighted by Crippen LogP contribution is -2.39. The van der Waals surface area contributed by atoms with E-state index in [0.717, 1.165) is 25.7 Å². The zero-order valence-corrected chi connectivity index (χ0v) is 18.5. The third-order valence-electron chi connectivity index (χ3n) is 4.90. The molecule has 0 heterocycles. The minimum absolute atomic E-state index is 0.114. The molecule has 4 heteroatoms. The van der Waals surface area contributed by atoms with E-state index in [1.54, 1.807) is 12.1 Å². The van der Waals surface area contributed by atoms with Crippen LogP contribution in [0.1, 0.15) is 64.0 Å². The summed E-state index contributed by atoms with van der Waals surface area (Å²) in [6, 6.07) is 14.8. The molecule has 0 radical (unpaired) electrons. The van der Waals surface area contributed by atoms with Gasteiger partial charge in [0, 0.05) is 12.5 Å². The summed E-state index contributed by atoms with van der Waals surface area (Å²) in [6.07, 6.45) is 4.43. The summed E-state index contributed by atoms with van der Waals surface area (Å²) in [7, 11) is 0. The Balaban J connectivity index is 0.000000351. The van der Waals surface area contributed by atoms with Crippen LogP contribution in [0.2, 0.25) is 0 Å². The molecule has 0 saturated heterocycles. The van der Waals surface area contributed by atoms with E-state index in [0.29, 0.717) is 12.2 Å². The first-order valence-electron chi connectivity index (χ1n) is 10.7. The molecule has 160 valence electrons. The lowest BCUT2D eigenvalue weighted by molar-refractivity contribution is -0.121. The van der Waals surface area contributed by atoms with Crippen molar-refractivity contribution in [1.29, 1.82) is 0 Å². The van der Waals surface area contributed by atoms with E-state index in [1.165, 1.54) is 23.3 Å². The number of benzene rings is 2. The monoisotopic (exact) mass is 401 g/mol. The minimum atomic E-state index is -0.252. The van der Waals surface area contributed by atoms with Gasteiger partial charge in [0.2, 0.25) is 5.91 Å². The SMILES string of the molecule is CC.CCC(=O)NC1CCC(Oc2ccc(F)cc2)CC1.Cc1ccccc1C.